The average molecular weight is 379 g/mol. The number of rotatable bonds is 3. The molecule has 3 saturated heterocycles. The third-order valence-corrected chi connectivity index (χ3v) is 7.68. The van der Waals surface area contributed by atoms with E-state index in [2.05, 4.69) is 5.32 Å². The molecule has 3 fully saturated rings. The number of ether oxygens (including phenoxy) is 1. The van der Waals surface area contributed by atoms with Crippen LogP contribution >= 0.6 is 0 Å². The van der Waals surface area contributed by atoms with Gasteiger partial charge in [-0.15, -0.1) is 0 Å². The smallest absolute Gasteiger partial charge is 0.253 e. The molecule has 8 heteroatoms. The number of carbonyl (C=O) groups excluding carboxylic acids is 1. The van der Waals surface area contributed by atoms with Crippen LogP contribution in [0.2, 0.25) is 0 Å². The van der Waals surface area contributed by atoms with E-state index in [9.17, 15) is 13.2 Å². The molecule has 0 bridgehead atoms. The van der Waals surface area contributed by atoms with Gasteiger partial charge in [0.15, 0.2) is 0 Å². The molecule has 0 radical (unpaired) electrons. The average Bonchev–Trinajstić information content (AvgIpc) is 3.32. The summed E-state index contributed by atoms with van der Waals surface area (Å²) < 4.78 is 32.0. The summed E-state index contributed by atoms with van der Waals surface area (Å²) >= 11 is 0. The Labute approximate surface area is 154 Å². The van der Waals surface area contributed by atoms with Crippen LogP contribution in [0.5, 0.6) is 0 Å². The number of nitrogens with zero attached hydrogens (tertiary/aromatic N) is 2. The molecule has 142 valence electrons. The van der Waals surface area contributed by atoms with Crippen molar-refractivity contribution in [3.63, 3.8) is 0 Å². The first-order chi connectivity index (χ1) is 12.5. The molecule has 3 aliphatic heterocycles. The Morgan fingerprint density at radius 3 is 2.46 bits per heavy atom. The van der Waals surface area contributed by atoms with E-state index in [-0.39, 0.29) is 16.2 Å². The first kappa shape index (κ1) is 17.9. The van der Waals surface area contributed by atoms with Crippen molar-refractivity contribution in [3.05, 3.63) is 29.8 Å². The van der Waals surface area contributed by atoms with Crippen LogP contribution < -0.4 is 5.32 Å². The molecule has 1 atom stereocenters. The number of carbonyl (C=O) groups is 1. The molecule has 1 amide bonds. The number of benzene rings is 1. The van der Waals surface area contributed by atoms with Crippen molar-refractivity contribution in [2.45, 2.75) is 17.7 Å². The Morgan fingerprint density at radius 2 is 1.81 bits per heavy atom. The molecule has 1 aromatic rings. The Balaban J connectivity index is 1.46. The number of amides is 1. The minimum Gasteiger partial charge on any atom is -0.379 e. The van der Waals surface area contributed by atoms with Crippen LogP contribution in [0.25, 0.3) is 0 Å². The molecule has 0 saturated carbocycles. The lowest BCUT2D eigenvalue weighted by atomic mass is 9.86. The van der Waals surface area contributed by atoms with Gasteiger partial charge in [-0.3, -0.25) is 4.79 Å². The number of likely N-dealkylation sites (tertiary alicyclic amines) is 1. The highest BCUT2D eigenvalue weighted by Crippen LogP contribution is 2.36. The minimum atomic E-state index is -3.52. The molecule has 1 N–H and O–H groups in total. The first-order valence-electron chi connectivity index (χ1n) is 9.18. The zero-order chi connectivity index (χ0) is 18.2. The maximum Gasteiger partial charge on any atom is 0.253 e. The van der Waals surface area contributed by atoms with E-state index in [0.29, 0.717) is 31.9 Å². The number of hydrogen-bond donors (Lipinski definition) is 1. The lowest BCUT2D eigenvalue weighted by Crippen LogP contribution is -2.40. The van der Waals surface area contributed by atoms with Gasteiger partial charge >= 0.3 is 0 Å². The van der Waals surface area contributed by atoms with E-state index in [0.717, 1.165) is 39.0 Å². The van der Waals surface area contributed by atoms with Crippen molar-refractivity contribution in [2.75, 3.05) is 52.5 Å². The van der Waals surface area contributed by atoms with E-state index in [1.165, 1.54) is 4.31 Å². The summed E-state index contributed by atoms with van der Waals surface area (Å²) in [7, 11) is -3.52. The number of hydrogen-bond acceptors (Lipinski definition) is 5. The Bertz CT molecular complexity index is 766. The third-order valence-electron chi connectivity index (χ3n) is 5.77. The quantitative estimate of drug-likeness (QED) is 0.829. The lowest BCUT2D eigenvalue weighted by Gasteiger charge is -2.26. The van der Waals surface area contributed by atoms with Gasteiger partial charge in [0.2, 0.25) is 10.0 Å². The molecular weight excluding hydrogens is 354 g/mol. The molecule has 1 unspecified atom stereocenters. The fraction of sp³-hybridized carbons (Fsp3) is 0.611. The van der Waals surface area contributed by atoms with Gasteiger partial charge < -0.3 is 15.0 Å². The summed E-state index contributed by atoms with van der Waals surface area (Å²) in [6.07, 6.45) is 2.16. The molecule has 1 spiro atoms. The van der Waals surface area contributed by atoms with Crippen LogP contribution in [0.15, 0.2) is 29.2 Å². The molecule has 3 aliphatic rings. The third kappa shape index (κ3) is 3.26. The largest absolute Gasteiger partial charge is 0.379 e. The second kappa shape index (κ2) is 6.92. The highest BCUT2D eigenvalue weighted by atomic mass is 32.2. The van der Waals surface area contributed by atoms with Crippen LogP contribution in [-0.4, -0.2) is 76.0 Å². The molecule has 0 aliphatic carbocycles. The van der Waals surface area contributed by atoms with E-state index >= 15 is 0 Å². The molecule has 4 rings (SSSR count). The molecule has 3 heterocycles. The second-order valence-corrected chi connectivity index (χ2v) is 9.38. The monoisotopic (exact) mass is 379 g/mol. The van der Waals surface area contributed by atoms with Gasteiger partial charge in [0, 0.05) is 43.7 Å². The number of sulfonamides is 1. The molecule has 0 aromatic heterocycles. The summed E-state index contributed by atoms with van der Waals surface area (Å²) in [4.78, 5) is 14.9. The van der Waals surface area contributed by atoms with E-state index in [4.69, 9.17) is 4.74 Å². The van der Waals surface area contributed by atoms with Crippen molar-refractivity contribution in [1.29, 1.82) is 0 Å². The van der Waals surface area contributed by atoms with E-state index in [1.54, 1.807) is 24.3 Å². The standard InChI is InChI=1S/C18H25N3O4S/c22-17(20-8-6-18(14-20)5-7-19-13-18)15-1-3-16(4-2-15)26(23,24)21-9-11-25-12-10-21/h1-4,19H,5-14H2. The van der Waals surface area contributed by atoms with Gasteiger partial charge in [0.05, 0.1) is 18.1 Å². The number of morpholine rings is 1. The Morgan fingerprint density at radius 1 is 1.08 bits per heavy atom. The molecule has 26 heavy (non-hydrogen) atoms. The van der Waals surface area contributed by atoms with Crippen LogP contribution in [0, 0.1) is 5.41 Å². The zero-order valence-electron chi connectivity index (χ0n) is 14.8. The fourth-order valence-electron chi connectivity index (χ4n) is 4.14. The summed E-state index contributed by atoms with van der Waals surface area (Å²) in [6, 6.07) is 6.35. The van der Waals surface area contributed by atoms with Gasteiger partial charge in [-0.2, -0.15) is 4.31 Å². The van der Waals surface area contributed by atoms with Crippen LogP contribution in [0.4, 0.5) is 0 Å². The maximum absolute atomic E-state index is 12.8. The van der Waals surface area contributed by atoms with Gasteiger partial charge in [-0.1, -0.05) is 0 Å². The van der Waals surface area contributed by atoms with Gasteiger partial charge in [-0.05, 0) is 43.7 Å². The molecular formula is C18H25N3O4S. The minimum absolute atomic E-state index is 0.0101. The summed E-state index contributed by atoms with van der Waals surface area (Å²) in [5, 5.41) is 3.39. The van der Waals surface area contributed by atoms with Crippen molar-refractivity contribution in [1.82, 2.24) is 14.5 Å². The Hall–Kier alpha value is -1.48. The van der Waals surface area contributed by atoms with Crippen LogP contribution in [-0.2, 0) is 14.8 Å². The molecule has 7 nitrogen and oxygen atoms in total. The van der Waals surface area contributed by atoms with E-state index < -0.39 is 10.0 Å². The van der Waals surface area contributed by atoms with Gasteiger partial charge in [0.25, 0.3) is 5.91 Å². The Kier molecular flexibility index (Phi) is 4.77. The normalized spacial score (nSPS) is 27.3. The predicted molar refractivity (Wildman–Crippen MR) is 96.5 cm³/mol. The summed E-state index contributed by atoms with van der Waals surface area (Å²) in [5.41, 5.74) is 0.781. The lowest BCUT2D eigenvalue weighted by molar-refractivity contribution is 0.0730. The fourth-order valence-corrected chi connectivity index (χ4v) is 5.55. The summed E-state index contributed by atoms with van der Waals surface area (Å²) in [6.45, 7) is 5.13. The van der Waals surface area contributed by atoms with Crippen molar-refractivity contribution < 1.29 is 17.9 Å². The summed E-state index contributed by atoms with van der Waals surface area (Å²) in [5.74, 6) is -0.0101. The van der Waals surface area contributed by atoms with Crippen LogP contribution in [0.1, 0.15) is 23.2 Å². The van der Waals surface area contributed by atoms with Gasteiger partial charge in [0.1, 0.15) is 0 Å². The van der Waals surface area contributed by atoms with Crippen molar-refractivity contribution in [3.8, 4) is 0 Å². The van der Waals surface area contributed by atoms with Crippen molar-refractivity contribution in [2.24, 2.45) is 5.41 Å². The highest BCUT2D eigenvalue weighted by Gasteiger charge is 2.42. The second-order valence-electron chi connectivity index (χ2n) is 7.44. The predicted octanol–water partition coefficient (Wildman–Crippen LogP) is 0.533. The SMILES string of the molecule is O=C(c1ccc(S(=O)(=O)N2CCOCC2)cc1)N1CCC2(CCNC2)C1. The number of nitrogens with one attached hydrogen (secondary N) is 1. The van der Waals surface area contributed by atoms with E-state index in [1.807, 2.05) is 4.90 Å². The zero-order valence-corrected chi connectivity index (χ0v) is 15.6. The highest BCUT2D eigenvalue weighted by molar-refractivity contribution is 7.89. The maximum atomic E-state index is 12.8. The molecule has 1 aromatic carbocycles. The topological polar surface area (TPSA) is 79.0 Å². The van der Waals surface area contributed by atoms with Gasteiger partial charge in [-0.25, -0.2) is 8.42 Å². The van der Waals surface area contributed by atoms with Crippen LogP contribution in [0.3, 0.4) is 0 Å². The van der Waals surface area contributed by atoms with Crippen molar-refractivity contribution >= 4 is 15.9 Å². The first-order valence-corrected chi connectivity index (χ1v) is 10.6.